The van der Waals surface area contributed by atoms with Crippen molar-refractivity contribution in [2.75, 3.05) is 13.2 Å². The summed E-state index contributed by atoms with van der Waals surface area (Å²) in [5, 5.41) is 9.59. The van der Waals surface area contributed by atoms with Crippen LogP contribution in [0.3, 0.4) is 0 Å². The normalized spacial score (nSPS) is 12.1. The maximum atomic E-state index is 12.2. The highest BCUT2D eigenvalue weighted by molar-refractivity contribution is 5.70. The lowest BCUT2D eigenvalue weighted by molar-refractivity contribution is -0.161. The van der Waals surface area contributed by atoms with E-state index in [1.807, 2.05) is 0 Å². The lowest BCUT2D eigenvalue weighted by Crippen LogP contribution is -2.28. The fourth-order valence-electron chi connectivity index (χ4n) is 7.09. The topological polar surface area (TPSA) is 72.8 Å². The van der Waals surface area contributed by atoms with Crippen molar-refractivity contribution in [1.29, 1.82) is 0 Å². The largest absolute Gasteiger partial charge is 0.462 e. The van der Waals surface area contributed by atoms with E-state index in [1.165, 1.54) is 193 Å². The Hall–Kier alpha value is -1.10. The van der Waals surface area contributed by atoms with E-state index in [0.29, 0.717) is 12.8 Å². The van der Waals surface area contributed by atoms with Gasteiger partial charge in [0.25, 0.3) is 0 Å². The van der Waals surface area contributed by atoms with E-state index >= 15 is 0 Å². The van der Waals surface area contributed by atoms with Gasteiger partial charge in [-0.25, -0.2) is 0 Å². The van der Waals surface area contributed by atoms with Gasteiger partial charge in [0.05, 0.1) is 6.61 Å². The molecule has 0 aromatic heterocycles. The second kappa shape index (κ2) is 41.7. The molecular formula is C46H90O5. The zero-order chi connectivity index (χ0) is 37.3. The van der Waals surface area contributed by atoms with Gasteiger partial charge >= 0.3 is 11.9 Å². The third-order valence-electron chi connectivity index (χ3n) is 10.6. The van der Waals surface area contributed by atoms with Crippen molar-refractivity contribution in [3.8, 4) is 0 Å². The minimum atomic E-state index is -0.763. The highest BCUT2D eigenvalue weighted by atomic mass is 16.6. The summed E-state index contributed by atoms with van der Waals surface area (Å²) in [6.07, 6.45) is 46.1. The Bertz CT molecular complexity index is 708. The van der Waals surface area contributed by atoms with Gasteiger partial charge in [-0.05, 0) is 18.8 Å². The van der Waals surface area contributed by atoms with E-state index in [0.717, 1.165) is 38.0 Å². The molecule has 0 radical (unpaired) electrons. The molecule has 51 heavy (non-hydrogen) atoms. The van der Waals surface area contributed by atoms with Crippen LogP contribution >= 0.6 is 0 Å². The Kier molecular flexibility index (Phi) is 40.8. The molecule has 0 bridgehead atoms. The van der Waals surface area contributed by atoms with Gasteiger partial charge in [-0.1, -0.05) is 233 Å². The van der Waals surface area contributed by atoms with Crippen LogP contribution in [-0.2, 0) is 19.1 Å². The number of rotatable bonds is 42. The molecule has 304 valence electrons. The van der Waals surface area contributed by atoms with Gasteiger partial charge in [-0.3, -0.25) is 9.59 Å². The van der Waals surface area contributed by atoms with Crippen LogP contribution in [0.5, 0.6) is 0 Å². The van der Waals surface area contributed by atoms with Crippen LogP contribution in [0.4, 0.5) is 0 Å². The summed E-state index contributed by atoms with van der Waals surface area (Å²) >= 11 is 0. The summed E-state index contributed by atoms with van der Waals surface area (Å²) in [5.41, 5.74) is 0. The Morgan fingerprint density at radius 1 is 0.431 bits per heavy atom. The van der Waals surface area contributed by atoms with E-state index in [1.54, 1.807) is 0 Å². The fourth-order valence-corrected chi connectivity index (χ4v) is 7.09. The fraction of sp³-hybridized carbons (Fsp3) is 0.957. The minimum absolute atomic E-state index is 0.0570. The first-order valence-corrected chi connectivity index (χ1v) is 23.0. The summed E-state index contributed by atoms with van der Waals surface area (Å²) < 4.78 is 10.7. The molecule has 0 aliphatic heterocycles. The molecule has 0 saturated heterocycles. The van der Waals surface area contributed by atoms with E-state index < -0.39 is 6.10 Å². The number of ether oxygens (including phenoxy) is 2. The molecule has 0 unspecified atom stereocenters. The third kappa shape index (κ3) is 41.5. The van der Waals surface area contributed by atoms with Crippen molar-refractivity contribution in [3.63, 3.8) is 0 Å². The molecular weight excluding hydrogens is 633 g/mol. The maximum absolute atomic E-state index is 12.2. The first-order chi connectivity index (χ1) is 25.0. The number of aliphatic hydroxyl groups is 1. The average Bonchev–Trinajstić information content (AvgIpc) is 3.12. The molecule has 0 spiro atoms. The summed E-state index contributed by atoms with van der Waals surface area (Å²) in [4.78, 5) is 24.4. The van der Waals surface area contributed by atoms with Crippen molar-refractivity contribution in [2.45, 2.75) is 264 Å². The summed E-state index contributed by atoms with van der Waals surface area (Å²) in [6.45, 7) is 6.54. The van der Waals surface area contributed by atoms with E-state index in [9.17, 15) is 14.7 Å². The molecule has 0 rings (SSSR count). The molecule has 1 atom stereocenters. The Morgan fingerprint density at radius 2 is 0.725 bits per heavy atom. The maximum Gasteiger partial charge on any atom is 0.306 e. The Labute approximate surface area is 319 Å². The standard InChI is InChI=1S/C46H90O5/c1-4-5-6-7-8-9-10-11-12-13-14-15-18-22-25-28-31-34-37-40-46(49)51-44(41-47)42-50-45(48)39-36-33-30-27-24-21-19-16-17-20-23-26-29-32-35-38-43(2)3/h43-44,47H,4-42H2,1-3H3/t44-/m0/s1. The van der Waals surface area contributed by atoms with E-state index in [4.69, 9.17) is 9.47 Å². The van der Waals surface area contributed by atoms with E-state index in [2.05, 4.69) is 20.8 Å². The molecule has 1 N–H and O–H groups in total. The zero-order valence-corrected chi connectivity index (χ0v) is 34.8. The lowest BCUT2D eigenvalue weighted by Gasteiger charge is -2.15. The van der Waals surface area contributed by atoms with Crippen molar-refractivity contribution >= 4 is 11.9 Å². The number of esters is 2. The number of hydrogen-bond donors (Lipinski definition) is 1. The SMILES string of the molecule is CCCCCCCCCCCCCCCCCCCCCC(=O)O[C@@H](CO)COC(=O)CCCCCCCCCCCCCCCCCC(C)C. The van der Waals surface area contributed by atoms with Crippen LogP contribution in [0.1, 0.15) is 258 Å². The predicted molar refractivity (Wildman–Crippen MR) is 219 cm³/mol. The number of carbonyl (C=O) groups excluding carboxylic acids is 2. The average molecular weight is 723 g/mol. The van der Waals surface area contributed by atoms with Crippen molar-refractivity contribution in [1.82, 2.24) is 0 Å². The van der Waals surface area contributed by atoms with Gasteiger partial charge < -0.3 is 14.6 Å². The third-order valence-corrected chi connectivity index (χ3v) is 10.6. The molecule has 0 aromatic rings. The number of aliphatic hydroxyl groups excluding tert-OH is 1. The highest BCUT2D eigenvalue weighted by Crippen LogP contribution is 2.17. The molecule has 5 nitrogen and oxygen atoms in total. The molecule has 0 amide bonds. The second-order valence-electron chi connectivity index (χ2n) is 16.3. The molecule has 0 aliphatic carbocycles. The second-order valence-corrected chi connectivity index (χ2v) is 16.3. The number of unbranched alkanes of at least 4 members (excludes halogenated alkanes) is 32. The zero-order valence-electron chi connectivity index (χ0n) is 34.8. The van der Waals surface area contributed by atoms with E-state index in [-0.39, 0.29) is 25.2 Å². The van der Waals surface area contributed by atoms with Crippen LogP contribution in [0, 0.1) is 5.92 Å². The first-order valence-electron chi connectivity index (χ1n) is 23.0. The minimum Gasteiger partial charge on any atom is -0.462 e. The van der Waals surface area contributed by atoms with Crippen LogP contribution in [-0.4, -0.2) is 36.4 Å². The number of hydrogen-bond acceptors (Lipinski definition) is 5. The van der Waals surface area contributed by atoms with Crippen molar-refractivity contribution in [3.05, 3.63) is 0 Å². The van der Waals surface area contributed by atoms with Gasteiger partial charge in [0.1, 0.15) is 6.61 Å². The molecule has 0 heterocycles. The van der Waals surface area contributed by atoms with Gasteiger partial charge in [-0.2, -0.15) is 0 Å². The van der Waals surface area contributed by atoms with Crippen molar-refractivity contribution < 1.29 is 24.2 Å². The highest BCUT2D eigenvalue weighted by Gasteiger charge is 2.16. The van der Waals surface area contributed by atoms with Gasteiger partial charge in [0, 0.05) is 12.8 Å². The molecule has 5 heteroatoms. The van der Waals surface area contributed by atoms with Gasteiger partial charge in [0.15, 0.2) is 6.10 Å². The van der Waals surface area contributed by atoms with Crippen LogP contribution in [0.15, 0.2) is 0 Å². The Balaban J connectivity index is 3.45. The summed E-state index contributed by atoms with van der Waals surface area (Å²) in [7, 11) is 0. The van der Waals surface area contributed by atoms with Gasteiger partial charge in [0.2, 0.25) is 0 Å². The summed E-state index contributed by atoms with van der Waals surface area (Å²) in [6, 6.07) is 0. The van der Waals surface area contributed by atoms with Crippen molar-refractivity contribution in [2.24, 2.45) is 5.92 Å². The lowest BCUT2D eigenvalue weighted by atomic mass is 10.0. The molecule has 0 saturated carbocycles. The summed E-state index contributed by atoms with van der Waals surface area (Å²) in [5.74, 6) is 0.285. The Morgan fingerprint density at radius 3 is 1.04 bits per heavy atom. The molecule has 0 fully saturated rings. The quantitative estimate of drug-likeness (QED) is 0.0501. The number of carbonyl (C=O) groups is 2. The van der Waals surface area contributed by atoms with Crippen LogP contribution in [0.2, 0.25) is 0 Å². The molecule has 0 aromatic carbocycles. The predicted octanol–water partition coefficient (Wildman–Crippen LogP) is 14.5. The first kappa shape index (κ1) is 49.9. The van der Waals surface area contributed by atoms with Crippen LogP contribution < -0.4 is 0 Å². The monoisotopic (exact) mass is 723 g/mol. The molecule has 0 aliphatic rings. The van der Waals surface area contributed by atoms with Gasteiger partial charge in [-0.15, -0.1) is 0 Å². The smallest absolute Gasteiger partial charge is 0.306 e. The van der Waals surface area contributed by atoms with Crippen LogP contribution in [0.25, 0.3) is 0 Å².